The summed E-state index contributed by atoms with van der Waals surface area (Å²) in [4.78, 5) is 51.7. The van der Waals surface area contributed by atoms with Crippen LogP contribution < -0.4 is 0 Å². The molecule has 0 saturated carbocycles. The van der Waals surface area contributed by atoms with Gasteiger partial charge in [-0.05, 0) is 35.7 Å². The summed E-state index contributed by atoms with van der Waals surface area (Å²) in [7, 11) is 23.2. The van der Waals surface area contributed by atoms with Crippen molar-refractivity contribution in [3.05, 3.63) is 69.7 Å². The lowest BCUT2D eigenvalue weighted by Crippen LogP contribution is -2.65. The highest BCUT2D eigenvalue weighted by Crippen LogP contribution is 2.37. The fraction of sp³-hybridized carbons (Fsp3) is 0.273. The quantitative estimate of drug-likeness (QED) is 0.456. The minimum absolute atomic E-state index is 0.140. The predicted octanol–water partition coefficient (Wildman–Crippen LogP) is 1.16. The molecule has 0 bridgehead atoms. The number of hydrogen-bond donors (Lipinski definition) is 0. The standard InChI is InChI=1S/C22H14B4ClF2N3O4/c23-16-8-21(24,19(35)32(26)18(16)34)30-10-12-7-11(1-6-15(12)17(30)33)9-31(25)20(36)22(28,29)13-2-4-14(27)5-3-13/h1-7,16H,8-10H2. The van der Waals surface area contributed by atoms with E-state index < -0.39 is 52.9 Å². The number of benzene rings is 2. The van der Waals surface area contributed by atoms with Crippen molar-refractivity contribution >= 4 is 66.9 Å². The van der Waals surface area contributed by atoms with Gasteiger partial charge in [0.1, 0.15) is 7.85 Å². The zero-order chi connectivity index (χ0) is 26.6. The molecule has 0 N–H and O–H groups in total. The number of carbonyl (C=O) groups excluding carboxylic acids is 4. The molecule has 14 heteroatoms. The first-order valence-electron chi connectivity index (χ1n) is 10.6. The molecule has 4 amide bonds. The van der Waals surface area contributed by atoms with Gasteiger partial charge in [0.15, 0.2) is 0 Å². The Hall–Kier alpha value is -3.07. The predicted molar refractivity (Wildman–Crippen MR) is 128 cm³/mol. The second-order valence-electron chi connectivity index (χ2n) is 8.65. The van der Waals surface area contributed by atoms with Crippen molar-refractivity contribution in [3.63, 3.8) is 0 Å². The Morgan fingerprint density at radius 2 is 1.81 bits per heavy atom. The van der Waals surface area contributed by atoms with E-state index in [9.17, 15) is 28.0 Å². The van der Waals surface area contributed by atoms with E-state index in [0.29, 0.717) is 20.7 Å². The lowest BCUT2D eigenvalue weighted by atomic mass is 9.61. The van der Waals surface area contributed by atoms with E-state index in [1.807, 2.05) is 0 Å². The van der Waals surface area contributed by atoms with Gasteiger partial charge < -0.3 is 14.5 Å². The molecular weight excluding hydrogens is 487 g/mol. The van der Waals surface area contributed by atoms with Crippen molar-refractivity contribution < 1.29 is 28.0 Å². The van der Waals surface area contributed by atoms with Crippen molar-refractivity contribution in [1.82, 2.24) is 14.5 Å². The number of amides is 4. The molecular formula is C22H14B4ClF2N3O4. The summed E-state index contributed by atoms with van der Waals surface area (Å²) in [5.41, 5.74) is -1.58. The Bertz CT molecular complexity index is 1280. The maximum atomic E-state index is 14.7. The first kappa shape index (κ1) is 26.0. The van der Waals surface area contributed by atoms with E-state index in [2.05, 4.69) is 0 Å². The Kier molecular flexibility index (Phi) is 6.58. The number of imide groups is 1. The van der Waals surface area contributed by atoms with Gasteiger partial charge in [-0.2, -0.15) is 8.78 Å². The topological polar surface area (TPSA) is 78.0 Å². The summed E-state index contributed by atoms with van der Waals surface area (Å²) >= 11 is 5.72. The molecule has 8 radical (unpaired) electrons. The lowest BCUT2D eigenvalue weighted by Gasteiger charge is -2.46. The Balaban J connectivity index is 1.53. The molecule has 0 aliphatic carbocycles. The van der Waals surface area contributed by atoms with Crippen molar-refractivity contribution in [2.75, 3.05) is 0 Å². The third-order valence-corrected chi connectivity index (χ3v) is 6.47. The Morgan fingerprint density at radius 1 is 1.17 bits per heavy atom. The third kappa shape index (κ3) is 4.23. The molecule has 4 rings (SSSR count). The molecule has 36 heavy (non-hydrogen) atoms. The number of nitrogens with zero attached hydrogens (tertiary/aromatic N) is 3. The summed E-state index contributed by atoms with van der Waals surface area (Å²) in [6.45, 7) is -0.537. The first-order valence-corrected chi connectivity index (χ1v) is 11.0. The maximum Gasteiger partial charge on any atom is 0.348 e. The summed E-state index contributed by atoms with van der Waals surface area (Å²) in [5.74, 6) is -9.14. The molecule has 2 aromatic carbocycles. The van der Waals surface area contributed by atoms with Crippen LogP contribution in [0, 0.1) is 0 Å². The van der Waals surface area contributed by atoms with E-state index in [1.165, 1.54) is 30.3 Å². The van der Waals surface area contributed by atoms with Gasteiger partial charge in [0.25, 0.3) is 11.8 Å². The normalized spacial score (nSPS) is 22.1. The smallest absolute Gasteiger partial charge is 0.348 e. The zero-order valence-corrected chi connectivity index (χ0v) is 19.4. The van der Waals surface area contributed by atoms with Crippen LogP contribution in [0.25, 0.3) is 0 Å². The molecule has 2 aromatic rings. The Morgan fingerprint density at radius 3 is 2.44 bits per heavy atom. The average Bonchev–Trinajstić information content (AvgIpc) is 3.17. The van der Waals surface area contributed by atoms with Gasteiger partial charge >= 0.3 is 5.92 Å². The molecule has 0 spiro atoms. The van der Waals surface area contributed by atoms with Gasteiger partial charge in [-0.1, -0.05) is 35.9 Å². The van der Waals surface area contributed by atoms with Gasteiger partial charge in [0.2, 0.25) is 27.8 Å². The monoisotopic (exact) mass is 501 g/mol. The number of carbonyl (C=O) groups is 4. The average molecular weight is 501 g/mol. The second-order valence-corrected chi connectivity index (χ2v) is 9.08. The van der Waals surface area contributed by atoms with Crippen LogP contribution in [0.15, 0.2) is 42.5 Å². The van der Waals surface area contributed by atoms with Crippen LogP contribution in [0.1, 0.15) is 33.5 Å². The van der Waals surface area contributed by atoms with Crippen molar-refractivity contribution in [3.8, 4) is 0 Å². The lowest BCUT2D eigenvalue weighted by molar-refractivity contribution is -0.154. The number of hydrogen-bond acceptors (Lipinski definition) is 4. The van der Waals surface area contributed by atoms with Crippen LogP contribution in [0.2, 0.25) is 10.8 Å². The van der Waals surface area contributed by atoms with Crippen LogP contribution in [0.4, 0.5) is 8.78 Å². The minimum Gasteiger partial charge on any atom is -0.387 e. The zero-order valence-electron chi connectivity index (χ0n) is 18.7. The van der Waals surface area contributed by atoms with Crippen molar-refractivity contribution in [2.24, 2.45) is 0 Å². The maximum absolute atomic E-state index is 14.7. The largest absolute Gasteiger partial charge is 0.387 e. The fourth-order valence-electron chi connectivity index (χ4n) is 4.25. The Labute approximate surface area is 215 Å². The molecule has 0 aromatic heterocycles. The van der Waals surface area contributed by atoms with Gasteiger partial charge in [0.05, 0.1) is 13.3 Å². The van der Waals surface area contributed by atoms with Crippen LogP contribution in [0.5, 0.6) is 0 Å². The molecule has 174 valence electrons. The first-order chi connectivity index (χ1) is 16.8. The third-order valence-electron chi connectivity index (χ3n) is 6.22. The molecule has 7 nitrogen and oxygen atoms in total. The SMILES string of the molecule is [B]C1CC([B])(N2Cc3cc(CN([B])C(=O)C(F)(F)c4ccc(Cl)cc4)ccc3C2=O)C(=O)N([B])C1=O. The molecule has 2 aliphatic heterocycles. The van der Waals surface area contributed by atoms with Crippen LogP contribution in [0.3, 0.4) is 0 Å². The van der Waals surface area contributed by atoms with Crippen molar-refractivity contribution in [1.29, 1.82) is 0 Å². The van der Waals surface area contributed by atoms with Crippen LogP contribution >= 0.6 is 11.6 Å². The number of fused-ring (bicyclic) bond motifs is 1. The number of alkyl halides is 2. The second kappa shape index (κ2) is 9.10. The van der Waals surface area contributed by atoms with E-state index >= 15 is 0 Å². The molecule has 1 saturated heterocycles. The highest BCUT2D eigenvalue weighted by Gasteiger charge is 2.51. The number of rotatable bonds is 5. The highest BCUT2D eigenvalue weighted by molar-refractivity contribution is 6.42. The van der Waals surface area contributed by atoms with E-state index in [0.717, 1.165) is 17.0 Å². The molecule has 2 heterocycles. The summed E-state index contributed by atoms with van der Waals surface area (Å²) in [6, 6.07) is 8.85. The minimum atomic E-state index is -3.90. The fourth-order valence-corrected chi connectivity index (χ4v) is 4.38. The molecule has 1 fully saturated rings. The van der Waals surface area contributed by atoms with E-state index in [4.69, 9.17) is 43.3 Å². The van der Waals surface area contributed by atoms with Crippen LogP contribution in [-0.4, -0.2) is 75.2 Å². The van der Waals surface area contributed by atoms with Gasteiger partial charge in [-0.25, -0.2) is 0 Å². The summed E-state index contributed by atoms with van der Waals surface area (Å²) in [5, 5.41) is 0.232. The summed E-state index contributed by atoms with van der Waals surface area (Å²) in [6.07, 6.45) is -0.337. The highest BCUT2D eigenvalue weighted by atomic mass is 35.5. The van der Waals surface area contributed by atoms with E-state index in [-0.39, 0.29) is 23.6 Å². The van der Waals surface area contributed by atoms with E-state index in [1.54, 1.807) is 0 Å². The van der Waals surface area contributed by atoms with Gasteiger partial charge in [-0.15, -0.1) is 0 Å². The summed E-state index contributed by atoms with van der Waals surface area (Å²) < 4.78 is 29.3. The van der Waals surface area contributed by atoms with Crippen LogP contribution in [-0.2, 0) is 33.4 Å². The number of halogens is 3. The van der Waals surface area contributed by atoms with Gasteiger partial charge in [-0.3, -0.25) is 19.2 Å². The number of piperidine rings is 1. The van der Waals surface area contributed by atoms with Crippen molar-refractivity contribution in [2.45, 2.75) is 36.7 Å². The van der Waals surface area contributed by atoms with Gasteiger partial charge in [0, 0.05) is 35.1 Å². The molecule has 2 atom stereocenters. The molecule has 2 unspecified atom stereocenters. The molecule has 2 aliphatic rings.